The molecule has 0 heterocycles. The summed E-state index contributed by atoms with van der Waals surface area (Å²) < 4.78 is 0. The van der Waals surface area contributed by atoms with Gasteiger partial charge in [0.25, 0.3) is 0 Å². The molecule has 302 valence electrons. The number of para-hydroxylation sites is 1. The summed E-state index contributed by atoms with van der Waals surface area (Å²) in [6, 6.07) is 88.5. The van der Waals surface area contributed by atoms with E-state index in [0.717, 1.165) is 22.6 Å². The topological polar surface area (TPSA) is 3.24 Å². The van der Waals surface area contributed by atoms with Crippen LogP contribution in [-0.2, 0) is 5.41 Å². The van der Waals surface area contributed by atoms with Crippen LogP contribution in [-0.4, -0.2) is 0 Å². The molecule has 0 amide bonds. The molecule has 0 aliphatic heterocycles. The summed E-state index contributed by atoms with van der Waals surface area (Å²) in [5, 5.41) is 2.46. The van der Waals surface area contributed by atoms with Crippen LogP contribution in [0.5, 0.6) is 0 Å². The van der Waals surface area contributed by atoms with Gasteiger partial charge in [-0.15, -0.1) is 0 Å². The van der Waals surface area contributed by atoms with Crippen molar-refractivity contribution in [2.24, 2.45) is 0 Å². The van der Waals surface area contributed by atoms with E-state index < -0.39 is 0 Å². The van der Waals surface area contributed by atoms with Crippen molar-refractivity contribution in [3.8, 4) is 66.8 Å². The average Bonchev–Trinajstić information content (AvgIpc) is 3.35. The maximum atomic E-state index is 2.49. The van der Waals surface area contributed by atoms with Crippen molar-refractivity contribution in [2.75, 3.05) is 4.90 Å². The van der Waals surface area contributed by atoms with E-state index in [-0.39, 0.29) is 5.41 Å². The molecule has 0 aliphatic rings. The van der Waals surface area contributed by atoms with Gasteiger partial charge in [-0.3, -0.25) is 0 Å². The smallest absolute Gasteiger partial charge is 0.0543 e. The molecule has 1 nitrogen and oxygen atoms in total. The number of hydrogen-bond acceptors (Lipinski definition) is 1. The molecule has 0 aromatic heterocycles. The zero-order valence-corrected chi connectivity index (χ0v) is 36.0. The zero-order valence-electron chi connectivity index (χ0n) is 36.0. The first-order valence-corrected chi connectivity index (χ1v) is 21.9. The van der Waals surface area contributed by atoms with Crippen LogP contribution in [0.15, 0.2) is 243 Å². The van der Waals surface area contributed by atoms with Gasteiger partial charge < -0.3 is 4.90 Å². The van der Waals surface area contributed by atoms with E-state index >= 15 is 0 Å². The number of fused-ring (bicyclic) bond motifs is 1. The number of nitrogens with zero attached hydrogens (tertiary/aromatic N) is 1. The van der Waals surface area contributed by atoms with Crippen molar-refractivity contribution in [1.29, 1.82) is 0 Å². The van der Waals surface area contributed by atoms with Gasteiger partial charge in [-0.1, -0.05) is 233 Å². The molecule has 0 spiro atoms. The molecule has 0 fully saturated rings. The number of hydrogen-bond donors (Lipinski definition) is 0. The molecule has 0 bridgehead atoms. The lowest BCUT2D eigenvalue weighted by molar-refractivity contribution is 0.590. The third-order valence-electron chi connectivity index (χ3n) is 12.3. The molecule has 0 aliphatic carbocycles. The third kappa shape index (κ3) is 7.87. The van der Waals surface area contributed by atoms with Gasteiger partial charge in [0.05, 0.1) is 11.4 Å². The summed E-state index contributed by atoms with van der Waals surface area (Å²) in [4.78, 5) is 2.49. The molecule has 0 radical (unpaired) electrons. The largest absolute Gasteiger partial charge is 0.309 e. The second kappa shape index (κ2) is 17.0. The maximum Gasteiger partial charge on any atom is 0.0543 e. The van der Waals surface area contributed by atoms with Gasteiger partial charge in [0, 0.05) is 16.8 Å². The van der Waals surface area contributed by atoms with E-state index in [2.05, 4.69) is 268 Å². The summed E-state index contributed by atoms with van der Waals surface area (Å²) in [5.74, 6) is 0. The minimum absolute atomic E-state index is 0.0679. The molecular weight excluding hydrogens is 759 g/mol. The minimum atomic E-state index is -0.0679. The van der Waals surface area contributed by atoms with Gasteiger partial charge in [-0.2, -0.15) is 0 Å². The summed E-state index contributed by atoms with van der Waals surface area (Å²) in [6.45, 7) is 6.90. The third-order valence-corrected chi connectivity index (χ3v) is 12.3. The van der Waals surface area contributed by atoms with Crippen LogP contribution in [0.3, 0.4) is 0 Å². The fraction of sp³-hybridized carbons (Fsp3) is 0.0645. The second-order valence-electron chi connectivity index (χ2n) is 17.3. The first-order chi connectivity index (χ1) is 30.9. The molecule has 10 aromatic rings. The lowest BCUT2D eigenvalue weighted by Gasteiger charge is -2.32. The fourth-order valence-electron chi connectivity index (χ4n) is 9.03. The van der Waals surface area contributed by atoms with Crippen LogP contribution in [0.4, 0.5) is 17.1 Å². The van der Waals surface area contributed by atoms with Crippen LogP contribution >= 0.6 is 0 Å². The predicted octanol–water partition coefficient (Wildman–Crippen LogP) is 17.6. The van der Waals surface area contributed by atoms with Gasteiger partial charge in [-0.25, -0.2) is 0 Å². The summed E-state index contributed by atoms with van der Waals surface area (Å²) in [6.07, 6.45) is 0. The minimum Gasteiger partial charge on any atom is -0.309 e. The number of anilines is 3. The molecule has 0 N–H and O–H groups in total. The molecule has 0 saturated carbocycles. The standard InChI is InChI=1S/C62H49N/c1-62(2,3)51-37-41-54(46-22-10-5-11-23-46)60(43-51)63(59-33-17-16-30-56(59)57-32-19-29-49-28-18-31-55(61(49)57)47-24-12-6-13-25-47)52-38-34-44(35-39-52)50-36-40-53(45-20-8-4-9-21-45)58(42-50)48-26-14-7-15-27-48/h4-43H,1-3H3. The molecule has 0 unspecified atom stereocenters. The Kier molecular flexibility index (Phi) is 10.6. The summed E-state index contributed by atoms with van der Waals surface area (Å²) in [7, 11) is 0. The molecule has 0 saturated heterocycles. The zero-order chi connectivity index (χ0) is 42.8. The highest BCUT2D eigenvalue weighted by molar-refractivity contribution is 6.09. The Morgan fingerprint density at radius 2 is 0.762 bits per heavy atom. The van der Waals surface area contributed by atoms with E-state index in [4.69, 9.17) is 0 Å². The Morgan fingerprint density at radius 1 is 0.286 bits per heavy atom. The Bertz CT molecular complexity index is 3160. The van der Waals surface area contributed by atoms with E-state index in [1.807, 2.05) is 0 Å². The van der Waals surface area contributed by atoms with Gasteiger partial charge in [0.1, 0.15) is 0 Å². The van der Waals surface area contributed by atoms with Crippen LogP contribution in [0.1, 0.15) is 26.3 Å². The SMILES string of the molecule is CC(C)(C)c1ccc(-c2ccccc2)c(N(c2ccc(-c3ccc(-c4ccccc4)c(-c4ccccc4)c3)cc2)c2ccccc2-c2cccc3cccc(-c4ccccc4)c23)c1. The van der Waals surface area contributed by atoms with E-state index in [1.54, 1.807) is 0 Å². The van der Waals surface area contributed by atoms with Crippen molar-refractivity contribution >= 4 is 27.8 Å². The van der Waals surface area contributed by atoms with Crippen molar-refractivity contribution in [3.63, 3.8) is 0 Å². The second-order valence-corrected chi connectivity index (χ2v) is 17.3. The van der Waals surface area contributed by atoms with Gasteiger partial charge in [0.15, 0.2) is 0 Å². The van der Waals surface area contributed by atoms with E-state index in [0.29, 0.717) is 0 Å². The molecular formula is C62H49N. The molecule has 10 aromatic carbocycles. The van der Waals surface area contributed by atoms with Crippen molar-refractivity contribution in [1.82, 2.24) is 0 Å². The summed E-state index contributed by atoms with van der Waals surface area (Å²) in [5.41, 5.74) is 18.9. The average molecular weight is 808 g/mol. The van der Waals surface area contributed by atoms with Gasteiger partial charge in [0.2, 0.25) is 0 Å². The lowest BCUT2D eigenvalue weighted by Crippen LogP contribution is -2.16. The van der Waals surface area contributed by atoms with E-state index in [1.165, 1.54) is 77.5 Å². The number of rotatable bonds is 9. The van der Waals surface area contributed by atoms with Crippen molar-refractivity contribution < 1.29 is 0 Å². The quantitative estimate of drug-likeness (QED) is 0.140. The molecule has 10 rings (SSSR count). The van der Waals surface area contributed by atoms with Crippen LogP contribution in [0, 0.1) is 0 Å². The Balaban J connectivity index is 1.19. The normalized spacial score (nSPS) is 11.4. The highest BCUT2D eigenvalue weighted by Crippen LogP contribution is 2.48. The fourth-order valence-corrected chi connectivity index (χ4v) is 9.03. The first-order valence-electron chi connectivity index (χ1n) is 21.9. The van der Waals surface area contributed by atoms with E-state index in [9.17, 15) is 0 Å². The predicted molar refractivity (Wildman–Crippen MR) is 270 cm³/mol. The Hall–Kier alpha value is -7.74. The van der Waals surface area contributed by atoms with Gasteiger partial charge >= 0.3 is 0 Å². The molecule has 0 atom stereocenters. The summed E-state index contributed by atoms with van der Waals surface area (Å²) >= 11 is 0. The highest BCUT2D eigenvalue weighted by Gasteiger charge is 2.25. The highest BCUT2D eigenvalue weighted by atomic mass is 15.1. The Morgan fingerprint density at radius 3 is 1.37 bits per heavy atom. The Labute approximate surface area is 372 Å². The first kappa shape index (κ1) is 39.4. The maximum absolute atomic E-state index is 2.49. The monoisotopic (exact) mass is 807 g/mol. The molecule has 63 heavy (non-hydrogen) atoms. The van der Waals surface area contributed by atoms with Crippen molar-refractivity contribution in [3.05, 3.63) is 248 Å². The van der Waals surface area contributed by atoms with Crippen molar-refractivity contribution in [2.45, 2.75) is 26.2 Å². The number of benzene rings is 10. The van der Waals surface area contributed by atoms with Crippen LogP contribution < -0.4 is 4.90 Å². The lowest BCUT2D eigenvalue weighted by atomic mass is 9.85. The van der Waals surface area contributed by atoms with Crippen LogP contribution in [0.2, 0.25) is 0 Å². The van der Waals surface area contributed by atoms with Crippen LogP contribution in [0.25, 0.3) is 77.5 Å². The molecule has 1 heteroatoms. The van der Waals surface area contributed by atoms with Gasteiger partial charge in [-0.05, 0) is 108 Å².